The summed E-state index contributed by atoms with van der Waals surface area (Å²) in [6.45, 7) is -0.317. The van der Waals surface area contributed by atoms with Crippen LogP contribution in [0, 0.1) is 0 Å². The van der Waals surface area contributed by atoms with E-state index in [1.54, 1.807) is 0 Å². The van der Waals surface area contributed by atoms with Crippen LogP contribution in [0.5, 0.6) is 0 Å². The summed E-state index contributed by atoms with van der Waals surface area (Å²) in [4.78, 5) is 22.0. The van der Waals surface area contributed by atoms with Crippen molar-refractivity contribution in [3.05, 3.63) is 0 Å². The van der Waals surface area contributed by atoms with Gasteiger partial charge in [0, 0.05) is 6.42 Å². The number of esters is 1. The molecule has 1 amide bonds. The molecule has 0 aromatic carbocycles. The molecular weight excluding hydrogens is 252 g/mol. The molecule has 0 aromatic heterocycles. The first kappa shape index (κ1) is 11.9. The Morgan fingerprint density at radius 3 is 2.64 bits per heavy atom. The van der Waals surface area contributed by atoms with Gasteiger partial charge in [0.1, 0.15) is 12.6 Å². The van der Waals surface area contributed by atoms with E-state index in [1.165, 1.54) is 0 Å². The van der Waals surface area contributed by atoms with Gasteiger partial charge in [0.15, 0.2) is 0 Å². The normalized spacial score (nSPS) is 21.9. The Morgan fingerprint density at radius 1 is 1.57 bits per heavy atom. The van der Waals surface area contributed by atoms with Crippen molar-refractivity contribution in [2.45, 2.75) is 22.7 Å². The molecule has 80 valence electrons. The molecule has 1 unspecified atom stereocenters. The maximum Gasteiger partial charge on any atom is 0.328 e. The molecule has 0 bridgehead atoms. The number of carbonyl (C=O) groups excluding carboxylic acids is 2. The molecule has 1 saturated heterocycles. The van der Waals surface area contributed by atoms with E-state index in [0.717, 1.165) is 0 Å². The van der Waals surface area contributed by atoms with Gasteiger partial charge in [-0.15, -0.1) is 0 Å². The molecule has 1 aliphatic rings. The van der Waals surface area contributed by atoms with Crippen LogP contribution in [0.1, 0.15) is 12.8 Å². The second-order valence-electron chi connectivity index (χ2n) is 2.88. The lowest BCUT2D eigenvalue weighted by atomic mass is 10.2. The standard InChI is InChI=1S/C7H8Cl3NO3/c8-7(9,10)3-14-6(13)4-1-2-5(12)11-4/h4H,1-3H2,(H,11,12). The van der Waals surface area contributed by atoms with Crippen molar-refractivity contribution in [2.24, 2.45) is 0 Å². The van der Waals surface area contributed by atoms with E-state index in [0.29, 0.717) is 12.8 Å². The Kier molecular flexibility index (Phi) is 3.86. The third-order valence-corrected chi connectivity index (χ3v) is 1.99. The molecule has 1 N–H and O–H groups in total. The summed E-state index contributed by atoms with van der Waals surface area (Å²) >= 11 is 16.1. The van der Waals surface area contributed by atoms with Crippen molar-refractivity contribution < 1.29 is 14.3 Å². The van der Waals surface area contributed by atoms with Crippen LogP contribution in [0.3, 0.4) is 0 Å². The number of amides is 1. The zero-order valence-electron chi connectivity index (χ0n) is 7.06. The summed E-state index contributed by atoms with van der Waals surface area (Å²) in [6, 6.07) is -0.602. The van der Waals surface area contributed by atoms with Gasteiger partial charge in [-0.1, -0.05) is 34.8 Å². The molecule has 1 heterocycles. The van der Waals surface area contributed by atoms with E-state index in [1.807, 2.05) is 0 Å². The lowest BCUT2D eigenvalue weighted by Crippen LogP contribution is -2.35. The molecule has 0 aromatic rings. The zero-order valence-corrected chi connectivity index (χ0v) is 9.33. The minimum Gasteiger partial charge on any atom is -0.460 e. The van der Waals surface area contributed by atoms with Gasteiger partial charge < -0.3 is 10.1 Å². The van der Waals surface area contributed by atoms with Gasteiger partial charge in [-0.05, 0) is 6.42 Å². The van der Waals surface area contributed by atoms with Crippen LogP contribution in [0.15, 0.2) is 0 Å². The molecular formula is C7H8Cl3NO3. The molecule has 0 radical (unpaired) electrons. The van der Waals surface area contributed by atoms with E-state index in [2.05, 4.69) is 10.1 Å². The van der Waals surface area contributed by atoms with Crippen LogP contribution in [-0.4, -0.2) is 28.3 Å². The number of hydrogen-bond donors (Lipinski definition) is 1. The van der Waals surface area contributed by atoms with Crippen molar-refractivity contribution in [1.29, 1.82) is 0 Å². The summed E-state index contributed by atoms with van der Waals surface area (Å²) in [5.74, 6) is -0.733. The van der Waals surface area contributed by atoms with Crippen molar-refractivity contribution in [3.63, 3.8) is 0 Å². The maximum absolute atomic E-state index is 11.2. The third kappa shape index (κ3) is 3.90. The van der Waals surface area contributed by atoms with Crippen molar-refractivity contribution in [2.75, 3.05) is 6.61 Å². The minimum absolute atomic E-state index is 0.166. The highest BCUT2D eigenvalue weighted by molar-refractivity contribution is 6.67. The van der Waals surface area contributed by atoms with Gasteiger partial charge in [-0.25, -0.2) is 4.79 Å². The van der Waals surface area contributed by atoms with Gasteiger partial charge >= 0.3 is 5.97 Å². The van der Waals surface area contributed by atoms with Crippen LogP contribution in [0.25, 0.3) is 0 Å². The monoisotopic (exact) mass is 259 g/mol. The highest BCUT2D eigenvalue weighted by Gasteiger charge is 2.30. The molecule has 1 rings (SSSR count). The number of ether oxygens (including phenoxy) is 1. The van der Waals surface area contributed by atoms with E-state index in [4.69, 9.17) is 34.8 Å². The highest BCUT2D eigenvalue weighted by Crippen LogP contribution is 2.26. The SMILES string of the molecule is O=C1CCC(C(=O)OCC(Cl)(Cl)Cl)N1. The molecule has 0 aliphatic carbocycles. The van der Waals surface area contributed by atoms with E-state index < -0.39 is 15.8 Å². The summed E-state index contributed by atoms with van der Waals surface area (Å²) < 4.78 is 3.08. The number of rotatable bonds is 2. The Labute approximate surface area is 95.8 Å². The predicted octanol–water partition coefficient (Wildman–Crippen LogP) is 1.18. The molecule has 1 fully saturated rings. The molecule has 7 heteroatoms. The van der Waals surface area contributed by atoms with Crippen LogP contribution in [0.4, 0.5) is 0 Å². The van der Waals surface area contributed by atoms with Crippen molar-refractivity contribution >= 4 is 46.7 Å². The van der Waals surface area contributed by atoms with E-state index >= 15 is 0 Å². The van der Waals surface area contributed by atoms with Crippen LogP contribution >= 0.6 is 34.8 Å². The third-order valence-electron chi connectivity index (χ3n) is 1.66. The van der Waals surface area contributed by atoms with Gasteiger partial charge in [-0.3, -0.25) is 4.79 Å². The molecule has 4 nitrogen and oxygen atoms in total. The fraction of sp³-hybridized carbons (Fsp3) is 0.714. The fourth-order valence-corrected chi connectivity index (χ4v) is 1.21. The second kappa shape index (κ2) is 4.55. The van der Waals surface area contributed by atoms with E-state index in [-0.39, 0.29) is 12.5 Å². The maximum atomic E-state index is 11.2. The zero-order chi connectivity index (χ0) is 10.8. The smallest absolute Gasteiger partial charge is 0.328 e. The summed E-state index contributed by atoms with van der Waals surface area (Å²) in [7, 11) is 0. The van der Waals surface area contributed by atoms with Crippen molar-refractivity contribution in [3.8, 4) is 0 Å². The first-order chi connectivity index (χ1) is 6.38. The average Bonchev–Trinajstić information content (AvgIpc) is 2.46. The summed E-state index contributed by atoms with van der Waals surface area (Å²) in [5, 5.41) is 2.45. The Morgan fingerprint density at radius 2 is 2.21 bits per heavy atom. The Balaban J connectivity index is 2.32. The largest absolute Gasteiger partial charge is 0.460 e. The summed E-state index contributed by atoms with van der Waals surface area (Å²) in [5.41, 5.74) is 0. The lowest BCUT2D eigenvalue weighted by Gasteiger charge is -2.14. The molecule has 0 saturated carbocycles. The molecule has 14 heavy (non-hydrogen) atoms. The molecule has 1 aliphatic heterocycles. The van der Waals surface area contributed by atoms with Crippen molar-refractivity contribution in [1.82, 2.24) is 5.32 Å². The van der Waals surface area contributed by atoms with Gasteiger partial charge in [0.2, 0.25) is 9.70 Å². The fourth-order valence-electron chi connectivity index (χ4n) is 1.04. The quantitative estimate of drug-likeness (QED) is 0.599. The van der Waals surface area contributed by atoms with E-state index in [9.17, 15) is 9.59 Å². The number of halogens is 3. The number of nitrogens with one attached hydrogen (secondary N) is 1. The first-order valence-electron chi connectivity index (χ1n) is 3.91. The second-order valence-corrected chi connectivity index (χ2v) is 5.40. The Bertz CT molecular complexity index is 251. The van der Waals surface area contributed by atoms with Gasteiger partial charge in [0.05, 0.1) is 0 Å². The van der Waals surface area contributed by atoms with Gasteiger partial charge in [0.25, 0.3) is 0 Å². The predicted molar refractivity (Wildman–Crippen MR) is 52.4 cm³/mol. The first-order valence-corrected chi connectivity index (χ1v) is 5.04. The van der Waals surface area contributed by atoms with Gasteiger partial charge in [-0.2, -0.15) is 0 Å². The molecule has 0 spiro atoms. The highest BCUT2D eigenvalue weighted by atomic mass is 35.6. The van der Waals surface area contributed by atoms with Crippen LogP contribution < -0.4 is 5.32 Å². The minimum atomic E-state index is -1.61. The van der Waals surface area contributed by atoms with Crippen LogP contribution in [-0.2, 0) is 14.3 Å². The Hall–Kier alpha value is -0.190. The summed E-state index contributed by atoms with van der Waals surface area (Å²) in [6.07, 6.45) is 0.755. The number of hydrogen-bond acceptors (Lipinski definition) is 3. The number of alkyl halides is 3. The van der Waals surface area contributed by atoms with Crippen LogP contribution in [0.2, 0.25) is 0 Å². The molecule has 1 atom stereocenters. The number of carbonyl (C=O) groups is 2. The lowest BCUT2D eigenvalue weighted by molar-refractivity contribution is -0.146. The average molecular weight is 261 g/mol. The topological polar surface area (TPSA) is 55.4 Å².